The molecule has 1 heterocycles. The van der Waals surface area contributed by atoms with Gasteiger partial charge in [-0.2, -0.15) is 5.26 Å². The zero-order valence-electron chi connectivity index (χ0n) is 8.33. The van der Waals surface area contributed by atoms with Crippen molar-refractivity contribution >= 4 is 13.4 Å². The molecule has 0 saturated carbocycles. The van der Waals surface area contributed by atoms with Gasteiger partial charge in [-0.05, 0) is 25.5 Å². The molecule has 0 N–H and O–H groups in total. The summed E-state index contributed by atoms with van der Waals surface area (Å²) in [6, 6.07) is 5.64. The first-order chi connectivity index (χ1) is 5.54. The smallest absolute Gasteiger partial charge is 0.337 e. The van der Waals surface area contributed by atoms with E-state index >= 15 is 0 Å². The number of hydrogen-bond acceptors (Lipinski definition) is 2. The molecule has 0 bridgehead atoms. The van der Waals surface area contributed by atoms with E-state index in [4.69, 9.17) is 5.26 Å². The van der Waals surface area contributed by atoms with Crippen molar-refractivity contribution in [2.24, 2.45) is 0 Å². The minimum atomic E-state index is -1.59. The van der Waals surface area contributed by atoms with Gasteiger partial charge in [0.25, 0.3) is 0 Å². The van der Waals surface area contributed by atoms with Crippen LogP contribution in [-0.4, -0.2) is 13.1 Å². The largest absolute Gasteiger partial charge is 1.00 e. The molecule has 1 rings (SSSR count). The van der Waals surface area contributed by atoms with E-state index in [9.17, 15) is 0 Å². The Bertz CT molecular complexity index is 325. The van der Waals surface area contributed by atoms with Crippen molar-refractivity contribution < 1.29 is 18.9 Å². The maximum Gasteiger partial charge on any atom is 1.00 e. The molecule has 0 fully saturated rings. The van der Waals surface area contributed by atoms with Gasteiger partial charge < -0.3 is 6.55 Å². The summed E-state index contributed by atoms with van der Waals surface area (Å²) in [4.78, 5) is 4.21. The predicted octanol–water partition coefficient (Wildman–Crippen LogP) is -1.75. The van der Waals surface area contributed by atoms with Gasteiger partial charge in [-0.3, -0.25) is 4.98 Å². The minimum absolute atomic E-state index is 0. The molecule has 62 valence electrons. The molecule has 0 radical (unpaired) electrons. The first kappa shape index (κ1) is 12.5. The summed E-state index contributed by atoms with van der Waals surface area (Å²) >= 11 is 0. The van der Waals surface area contributed by atoms with Crippen LogP contribution in [-0.2, 0) is 0 Å². The van der Waals surface area contributed by atoms with Crippen LogP contribution in [0.4, 0.5) is 0 Å². The molecule has 0 spiro atoms. The molecule has 0 aliphatic carbocycles. The van der Waals surface area contributed by atoms with Gasteiger partial charge in [-0.1, -0.05) is 13.1 Å². The van der Waals surface area contributed by atoms with Crippen molar-refractivity contribution in [1.82, 2.24) is 4.98 Å². The topological polar surface area (TPSA) is 36.7 Å². The zero-order chi connectivity index (χ0) is 9.19. The molecule has 0 aromatic carbocycles. The van der Waals surface area contributed by atoms with Crippen LogP contribution in [0.15, 0.2) is 18.3 Å². The maximum absolute atomic E-state index is 8.65. The molecule has 0 saturated heterocycles. The molecule has 2 nitrogen and oxygen atoms in total. The molecule has 0 amide bonds. The summed E-state index contributed by atoms with van der Waals surface area (Å²) in [6.45, 7) is 8.30. The third kappa shape index (κ3) is 3.36. The fourth-order valence-corrected chi connectivity index (χ4v) is 1.84. The average molecular weight is 182 g/mol. The summed E-state index contributed by atoms with van der Waals surface area (Å²) in [5.74, 6) is 0. The van der Waals surface area contributed by atoms with Crippen molar-refractivity contribution in [2.45, 2.75) is 13.1 Å². The summed E-state index contributed by atoms with van der Waals surface area (Å²) in [5, 5.41) is 9.63. The molecule has 0 unspecified atom stereocenters. The number of nitriles is 1. The first-order valence-corrected chi connectivity index (χ1v) is 6.97. The third-order valence-corrected chi connectivity index (χ3v) is 3.24. The Hall–Kier alpha value is -0.546. The van der Waals surface area contributed by atoms with E-state index in [0.29, 0.717) is 5.56 Å². The van der Waals surface area contributed by atoms with E-state index in [2.05, 4.69) is 30.7 Å². The van der Waals surface area contributed by atoms with Gasteiger partial charge in [0.05, 0.1) is 11.6 Å². The molecule has 4 heteroatoms. The first-order valence-electron chi connectivity index (χ1n) is 3.76. The Morgan fingerprint density at radius 2 is 2.15 bits per heavy atom. The average Bonchev–Trinajstić information content (AvgIpc) is 2.03. The van der Waals surface area contributed by atoms with Crippen molar-refractivity contribution in [3.63, 3.8) is 0 Å². The number of pyridine rings is 1. The molecule has 0 aliphatic rings. The van der Waals surface area contributed by atoms with Crippen molar-refractivity contribution in [3.8, 4) is 6.07 Å². The summed E-state index contributed by atoms with van der Waals surface area (Å²) in [6.07, 6.45) is 1.67. The zero-order valence-corrected chi connectivity index (χ0v) is 9.33. The van der Waals surface area contributed by atoms with E-state index in [1.807, 2.05) is 6.07 Å². The quantitative estimate of drug-likeness (QED) is 0.381. The minimum Gasteiger partial charge on any atom is -0.337 e. The monoisotopic (exact) mass is 182 g/mol. The van der Waals surface area contributed by atoms with Gasteiger partial charge in [0, 0.05) is 6.20 Å². The van der Waals surface area contributed by atoms with Crippen molar-refractivity contribution in [2.75, 3.05) is 0 Å². The Morgan fingerprint density at radius 3 is 2.62 bits per heavy atom. The number of rotatable bonds is 1. The van der Waals surface area contributed by atoms with Crippen LogP contribution in [0.2, 0.25) is 13.1 Å². The van der Waals surface area contributed by atoms with E-state index in [0.717, 1.165) is 5.32 Å². The van der Waals surface area contributed by atoms with Gasteiger partial charge in [-0.15, -0.1) is 0 Å². The van der Waals surface area contributed by atoms with Crippen molar-refractivity contribution in [3.05, 3.63) is 30.4 Å². The molecular weight excluding hydrogens is 171 g/mol. The van der Waals surface area contributed by atoms with E-state index in [1.165, 1.54) is 0 Å². The van der Waals surface area contributed by atoms with Crippen LogP contribution in [0.1, 0.15) is 5.56 Å². The van der Waals surface area contributed by atoms with Gasteiger partial charge in [0.1, 0.15) is 0 Å². The summed E-state index contributed by atoms with van der Waals surface area (Å²) < 4.78 is 0. The van der Waals surface area contributed by atoms with Crippen LogP contribution in [0, 0.1) is 17.9 Å². The van der Waals surface area contributed by atoms with Crippen LogP contribution in [0.5, 0.6) is 0 Å². The van der Waals surface area contributed by atoms with Crippen LogP contribution in [0.25, 0.3) is 0 Å². The van der Waals surface area contributed by atoms with Crippen LogP contribution < -0.4 is 24.2 Å². The summed E-state index contributed by atoms with van der Waals surface area (Å²) in [7, 11) is -1.59. The van der Waals surface area contributed by atoms with Gasteiger partial charge in [-0.25, -0.2) is 0 Å². The standard InChI is InChI=1S/C9H11N2Si.Li/c1-12(2,3)9-6-8(7-10)4-5-11-9;/h4-6H,1H2,2-3H3;/q-1;+1. The Kier molecular flexibility index (Phi) is 4.43. The second-order valence-electron chi connectivity index (χ2n) is 3.43. The van der Waals surface area contributed by atoms with Crippen molar-refractivity contribution in [1.29, 1.82) is 5.26 Å². The number of aromatic nitrogens is 1. The normalized spacial score (nSPS) is 10.0. The van der Waals surface area contributed by atoms with Crippen LogP contribution >= 0.6 is 0 Å². The predicted molar refractivity (Wildman–Crippen MR) is 51.4 cm³/mol. The Labute approximate surface area is 92.2 Å². The van der Waals surface area contributed by atoms with E-state index in [-0.39, 0.29) is 18.9 Å². The van der Waals surface area contributed by atoms with Gasteiger partial charge >= 0.3 is 18.9 Å². The Balaban J connectivity index is 0.00000144. The maximum atomic E-state index is 8.65. The number of nitrogens with zero attached hydrogens (tertiary/aromatic N) is 2. The third-order valence-electron chi connectivity index (χ3n) is 1.58. The summed E-state index contributed by atoms with van der Waals surface area (Å²) in [5.41, 5.74) is 0.671. The van der Waals surface area contributed by atoms with Crippen LogP contribution in [0.3, 0.4) is 0 Å². The second-order valence-corrected chi connectivity index (χ2v) is 7.71. The van der Waals surface area contributed by atoms with E-state index < -0.39 is 8.07 Å². The fourth-order valence-electron chi connectivity index (χ4n) is 0.870. The second kappa shape index (κ2) is 4.62. The fraction of sp³-hybridized carbons (Fsp3) is 0.222. The Morgan fingerprint density at radius 1 is 1.54 bits per heavy atom. The molecule has 0 aliphatic heterocycles. The van der Waals surface area contributed by atoms with Gasteiger partial charge in [0.15, 0.2) is 0 Å². The van der Waals surface area contributed by atoms with E-state index in [1.54, 1.807) is 12.3 Å². The molecule has 0 atom stereocenters. The molecular formula is C9H11LiN2Si. The van der Waals surface area contributed by atoms with Gasteiger partial charge in [0.2, 0.25) is 0 Å². The SMILES string of the molecule is [CH2-][Si](C)(C)c1cc(C#N)ccn1.[Li+]. The molecule has 1 aromatic heterocycles. The molecule has 13 heavy (non-hydrogen) atoms. The molecule has 1 aromatic rings. The number of hydrogen-bond donors (Lipinski definition) is 0.